The molecule has 0 fully saturated rings. The van der Waals surface area contributed by atoms with Crippen LogP contribution >= 0.6 is 0 Å². The first-order chi connectivity index (χ1) is 16.9. The molecular formula is C30H30N2O3. The van der Waals surface area contributed by atoms with E-state index in [2.05, 4.69) is 16.4 Å². The second-order valence-electron chi connectivity index (χ2n) is 8.90. The molecule has 178 valence electrons. The van der Waals surface area contributed by atoms with Gasteiger partial charge in [-0.05, 0) is 62.0 Å². The maximum atomic E-state index is 12.5. The fourth-order valence-electron chi connectivity index (χ4n) is 4.44. The topological polar surface area (TPSA) is 65.8 Å². The molecule has 2 N–H and O–H groups in total. The molecule has 3 aromatic rings. The number of ether oxygens (including phenoxy) is 1. The fourth-order valence-corrected chi connectivity index (χ4v) is 4.44. The van der Waals surface area contributed by atoms with Gasteiger partial charge in [0.1, 0.15) is 11.4 Å². The van der Waals surface area contributed by atoms with E-state index in [1.54, 1.807) is 19.4 Å². The predicted octanol–water partition coefficient (Wildman–Crippen LogP) is 5.08. The third kappa shape index (κ3) is 5.30. The molecule has 1 heterocycles. The van der Waals surface area contributed by atoms with Crippen molar-refractivity contribution in [2.45, 2.75) is 17.9 Å². The van der Waals surface area contributed by atoms with Crippen molar-refractivity contribution >= 4 is 0 Å². The summed E-state index contributed by atoms with van der Waals surface area (Å²) in [5.74, 6) is -0.112. The first kappa shape index (κ1) is 24.3. The van der Waals surface area contributed by atoms with Crippen LogP contribution in [0.15, 0.2) is 102 Å². The molecule has 1 aliphatic carbocycles. The molecule has 1 aromatic heterocycles. The quantitative estimate of drug-likeness (QED) is 0.431. The summed E-state index contributed by atoms with van der Waals surface area (Å²) in [7, 11) is 5.55. The number of aliphatic hydroxyl groups is 1. The minimum absolute atomic E-state index is 0.124. The zero-order valence-corrected chi connectivity index (χ0v) is 20.3. The molecule has 4 rings (SSSR count). The van der Waals surface area contributed by atoms with Gasteiger partial charge in [-0.15, -0.1) is 0 Å². The molecule has 35 heavy (non-hydrogen) atoms. The number of rotatable bonds is 9. The number of hydrogen-bond acceptors (Lipinski definition) is 5. The number of aromatic nitrogens is 1. The predicted molar refractivity (Wildman–Crippen MR) is 139 cm³/mol. The smallest absolute Gasteiger partial charge is 0.214 e. The molecule has 2 atom stereocenters. The monoisotopic (exact) mass is 466 g/mol. The molecular weight excluding hydrogens is 436 g/mol. The zero-order valence-electron chi connectivity index (χ0n) is 20.3. The van der Waals surface area contributed by atoms with Crippen molar-refractivity contribution < 1.29 is 14.9 Å². The Balaban J connectivity index is 1.98. The second kappa shape index (κ2) is 10.6. The number of methoxy groups -OCH3 is 1. The van der Waals surface area contributed by atoms with Crippen LogP contribution in [-0.4, -0.2) is 53.4 Å². The standard InChI is InChI=1S/C30H30N2O3/c1-32(2)18-17-30(34,25-14-8-5-9-15-25)28(23-13-10-16-26(19-23)35-3)27-20-24(21-31-29(27)33)22-11-6-4-7-12-22/h4-8,10-14,16,19-21,28,34H,17-18H2,1-3H3,(H,31,33). The third-order valence-corrected chi connectivity index (χ3v) is 6.27. The summed E-state index contributed by atoms with van der Waals surface area (Å²) < 4.78 is 5.50. The van der Waals surface area contributed by atoms with E-state index in [9.17, 15) is 10.2 Å². The van der Waals surface area contributed by atoms with Gasteiger partial charge < -0.3 is 19.8 Å². The molecule has 2 unspecified atom stereocenters. The maximum absolute atomic E-state index is 12.5. The minimum Gasteiger partial charge on any atom is -0.497 e. The summed E-state index contributed by atoms with van der Waals surface area (Å²) >= 11 is 0. The number of aromatic hydroxyl groups is 1. The average molecular weight is 467 g/mol. The molecule has 0 aliphatic heterocycles. The molecule has 0 saturated heterocycles. The summed E-state index contributed by atoms with van der Waals surface area (Å²) in [6, 6.07) is 19.4. The van der Waals surface area contributed by atoms with E-state index in [1.165, 1.54) is 0 Å². The van der Waals surface area contributed by atoms with Gasteiger partial charge in [-0.1, -0.05) is 60.0 Å². The molecule has 0 radical (unpaired) electrons. The first-order valence-electron chi connectivity index (χ1n) is 11.6. The highest BCUT2D eigenvalue weighted by atomic mass is 16.5. The molecule has 5 heteroatoms. The number of pyridine rings is 1. The first-order valence-corrected chi connectivity index (χ1v) is 11.6. The van der Waals surface area contributed by atoms with Crippen molar-refractivity contribution in [3.8, 4) is 22.8 Å². The Hall–Kier alpha value is -3.85. The van der Waals surface area contributed by atoms with Gasteiger partial charge in [0.15, 0.2) is 0 Å². The van der Waals surface area contributed by atoms with Gasteiger partial charge in [-0.3, -0.25) is 0 Å². The SMILES string of the molecule is COc1cccc(C(c2cc(-c3ccccc3)cnc2O)C(O)(CCN(C)C)C2=C=C=CC=C2)c1. The maximum Gasteiger partial charge on any atom is 0.214 e. The lowest BCUT2D eigenvalue weighted by Gasteiger charge is -2.38. The fraction of sp³-hybridized carbons (Fsp3) is 0.233. The normalized spacial score (nSPS) is 15.1. The summed E-state index contributed by atoms with van der Waals surface area (Å²) in [6.07, 6.45) is 7.49. The van der Waals surface area contributed by atoms with Crippen LogP contribution in [0.25, 0.3) is 11.1 Å². The Morgan fingerprint density at radius 2 is 1.86 bits per heavy atom. The lowest BCUT2D eigenvalue weighted by Crippen LogP contribution is -2.41. The Labute approximate surface area is 206 Å². The van der Waals surface area contributed by atoms with E-state index in [-0.39, 0.29) is 5.88 Å². The van der Waals surface area contributed by atoms with Gasteiger partial charge in [-0.2, -0.15) is 0 Å². The van der Waals surface area contributed by atoms with Crippen LogP contribution in [0.2, 0.25) is 0 Å². The van der Waals surface area contributed by atoms with Crippen LogP contribution in [0.5, 0.6) is 11.6 Å². The van der Waals surface area contributed by atoms with Gasteiger partial charge in [-0.25, -0.2) is 4.98 Å². The Kier molecular flexibility index (Phi) is 7.36. The summed E-state index contributed by atoms with van der Waals surface area (Å²) in [5.41, 5.74) is 8.44. The van der Waals surface area contributed by atoms with E-state index in [0.717, 1.165) is 16.7 Å². The van der Waals surface area contributed by atoms with Crippen LogP contribution in [-0.2, 0) is 0 Å². The van der Waals surface area contributed by atoms with E-state index in [0.29, 0.717) is 29.9 Å². The second-order valence-corrected chi connectivity index (χ2v) is 8.90. The van der Waals surface area contributed by atoms with Crippen LogP contribution in [0.3, 0.4) is 0 Å². The molecule has 0 spiro atoms. The number of allylic oxidation sites excluding steroid dienone is 2. The van der Waals surface area contributed by atoms with E-state index >= 15 is 0 Å². The van der Waals surface area contributed by atoms with Crippen LogP contribution in [0, 0.1) is 0 Å². The lowest BCUT2D eigenvalue weighted by molar-refractivity contribution is 0.0475. The number of nitrogens with zero attached hydrogens (tertiary/aromatic N) is 2. The zero-order chi connectivity index (χ0) is 24.8. The van der Waals surface area contributed by atoms with Crippen molar-refractivity contribution in [1.82, 2.24) is 9.88 Å². The molecule has 0 bridgehead atoms. The van der Waals surface area contributed by atoms with E-state index < -0.39 is 11.5 Å². The lowest BCUT2D eigenvalue weighted by atomic mass is 9.71. The van der Waals surface area contributed by atoms with Gasteiger partial charge >= 0.3 is 0 Å². The van der Waals surface area contributed by atoms with Crippen LogP contribution < -0.4 is 4.74 Å². The molecule has 2 aromatic carbocycles. The Bertz CT molecular complexity index is 1320. The van der Waals surface area contributed by atoms with E-state index in [1.807, 2.05) is 91.8 Å². The molecule has 1 aliphatic rings. The average Bonchev–Trinajstić information content (AvgIpc) is 2.90. The highest BCUT2D eigenvalue weighted by molar-refractivity contribution is 5.65. The summed E-state index contributed by atoms with van der Waals surface area (Å²) in [6.45, 7) is 0.617. The number of hydrogen-bond donors (Lipinski definition) is 2. The third-order valence-electron chi connectivity index (χ3n) is 6.27. The minimum atomic E-state index is -1.41. The molecule has 5 nitrogen and oxygen atoms in total. The van der Waals surface area contributed by atoms with E-state index in [4.69, 9.17) is 4.74 Å². The Morgan fingerprint density at radius 1 is 1.06 bits per heavy atom. The number of benzene rings is 2. The molecule has 0 saturated carbocycles. The van der Waals surface area contributed by atoms with Gasteiger partial charge in [0, 0.05) is 35.4 Å². The van der Waals surface area contributed by atoms with Crippen molar-refractivity contribution in [2.24, 2.45) is 0 Å². The van der Waals surface area contributed by atoms with Crippen LogP contribution in [0.4, 0.5) is 0 Å². The van der Waals surface area contributed by atoms with Gasteiger partial charge in [0.2, 0.25) is 5.88 Å². The van der Waals surface area contributed by atoms with Crippen LogP contribution in [0.1, 0.15) is 23.5 Å². The summed E-state index contributed by atoms with van der Waals surface area (Å²) in [5, 5.41) is 23.5. The highest BCUT2D eigenvalue weighted by Crippen LogP contribution is 2.46. The summed E-state index contributed by atoms with van der Waals surface area (Å²) in [4.78, 5) is 6.36. The van der Waals surface area contributed by atoms with Gasteiger partial charge in [0.25, 0.3) is 0 Å². The van der Waals surface area contributed by atoms with Gasteiger partial charge in [0.05, 0.1) is 7.11 Å². The van der Waals surface area contributed by atoms with Crippen molar-refractivity contribution in [3.05, 3.63) is 113 Å². The largest absolute Gasteiger partial charge is 0.497 e. The molecule has 0 amide bonds. The van der Waals surface area contributed by atoms with Crippen molar-refractivity contribution in [2.75, 3.05) is 27.7 Å². The highest BCUT2D eigenvalue weighted by Gasteiger charge is 2.43. The van der Waals surface area contributed by atoms with Crippen molar-refractivity contribution in [3.63, 3.8) is 0 Å². The van der Waals surface area contributed by atoms with Crippen molar-refractivity contribution in [1.29, 1.82) is 0 Å². The Morgan fingerprint density at radius 3 is 2.54 bits per heavy atom.